The first-order chi connectivity index (χ1) is 9.86. The first-order valence-corrected chi connectivity index (χ1v) is 8.33. The number of pyridine rings is 1. The minimum Gasteiger partial charge on any atom is -0.302 e. The van der Waals surface area contributed by atoms with Crippen LogP contribution in [0, 0.1) is 0 Å². The fourth-order valence-corrected chi connectivity index (χ4v) is 4.44. The number of aromatic nitrogens is 2. The van der Waals surface area contributed by atoms with Gasteiger partial charge in [-0.05, 0) is 50.4 Å². The van der Waals surface area contributed by atoms with Gasteiger partial charge in [-0.3, -0.25) is 4.98 Å². The molecule has 0 N–H and O–H groups in total. The van der Waals surface area contributed by atoms with Crippen LogP contribution in [0.4, 0.5) is 0 Å². The molecule has 2 aliphatic rings. The summed E-state index contributed by atoms with van der Waals surface area (Å²) in [6.45, 7) is 3.80. The van der Waals surface area contributed by atoms with E-state index in [4.69, 9.17) is 0 Å². The van der Waals surface area contributed by atoms with Gasteiger partial charge in [-0.1, -0.05) is 6.07 Å². The second kappa shape index (κ2) is 4.93. The molecule has 2 aromatic heterocycles. The van der Waals surface area contributed by atoms with Gasteiger partial charge < -0.3 is 4.90 Å². The lowest BCUT2D eigenvalue weighted by molar-refractivity contribution is 0.0941. The molecule has 2 fully saturated rings. The van der Waals surface area contributed by atoms with Crippen molar-refractivity contribution in [1.82, 2.24) is 14.9 Å². The van der Waals surface area contributed by atoms with Gasteiger partial charge in [-0.15, -0.1) is 11.3 Å². The van der Waals surface area contributed by atoms with Gasteiger partial charge in [0.2, 0.25) is 0 Å². The molecule has 0 spiro atoms. The smallest absolute Gasteiger partial charge is 0.141 e. The molecule has 0 aromatic carbocycles. The van der Waals surface area contributed by atoms with Crippen LogP contribution >= 0.6 is 11.3 Å². The SMILES string of the molecule is c1csc(-c2ccc(C34CCCN(CCC3)C4)cn2)n1. The zero-order valence-corrected chi connectivity index (χ0v) is 12.4. The quantitative estimate of drug-likeness (QED) is 0.847. The van der Waals surface area contributed by atoms with Crippen molar-refractivity contribution in [1.29, 1.82) is 0 Å². The van der Waals surface area contributed by atoms with Gasteiger partial charge in [0.05, 0.1) is 5.69 Å². The molecule has 0 amide bonds. The van der Waals surface area contributed by atoms with Crippen molar-refractivity contribution in [3.8, 4) is 10.7 Å². The Kier molecular flexibility index (Phi) is 3.08. The molecular formula is C16H19N3S. The lowest BCUT2D eigenvalue weighted by atomic mass is 9.69. The molecule has 0 atom stereocenters. The molecule has 2 aliphatic heterocycles. The second-order valence-corrected chi connectivity index (χ2v) is 6.93. The molecule has 104 valence electrons. The molecule has 2 bridgehead atoms. The summed E-state index contributed by atoms with van der Waals surface area (Å²) in [5, 5.41) is 3.02. The molecule has 0 aliphatic carbocycles. The topological polar surface area (TPSA) is 29.0 Å². The van der Waals surface area contributed by atoms with Gasteiger partial charge in [0.15, 0.2) is 0 Å². The molecular weight excluding hydrogens is 266 g/mol. The monoisotopic (exact) mass is 285 g/mol. The van der Waals surface area contributed by atoms with Gasteiger partial charge in [0, 0.05) is 29.7 Å². The molecule has 0 unspecified atom stereocenters. The maximum atomic E-state index is 4.67. The Morgan fingerprint density at radius 1 is 1.10 bits per heavy atom. The Bertz CT molecular complexity index is 566. The number of piperidine rings is 2. The molecule has 0 radical (unpaired) electrons. The number of hydrogen-bond donors (Lipinski definition) is 0. The van der Waals surface area contributed by atoms with E-state index in [1.807, 2.05) is 11.6 Å². The number of nitrogens with zero attached hydrogens (tertiary/aromatic N) is 3. The predicted octanol–water partition coefficient (Wildman–Crippen LogP) is 3.33. The lowest BCUT2D eigenvalue weighted by Crippen LogP contribution is -2.50. The van der Waals surface area contributed by atoms with Crippen molar-refractivity contribution in [3.63, 3.8) is 0 Å². The molecule has 2 saturated heterocycles. The first-order valence-electron chi connectivity index (χ1n) is 7.45. The maximum absolute atomic E-state index is 4.67. The van der Waals surface area contributed by atoms with Gasteiger partial charge in [-0.2, -0.15) is 0 Å². The summed E-state index contributed by atoms with van der Waals surface area (Å²) in [5.41, 5.74) is 2.80. The van der Waals surface area contributed by atoms with Crippen LogP contribution in [0.25, 0.3) is 10.7 Å². The van der Waals surface area contributed by atoms with Crippen molar-refractivity contribution in [2.24, 2.45) is 0 Å². The summed E-state index contributed by atoms with van der Waals surface area (Å²) in [6, 6.07) is 4.44. The molecule has 3 nitrogen and oxygen atoms in total. The lowest BCUT2D eigenvalue weighted by Gasteiger charge is -2.47. The number of thiazole rings is 1. The Morgan fingerprint density at radius 3 is 2.60 bits per heavy atom. The van der Waals surface area contributed by atoms with Gasteiger partial charge in [0.25, 0.3) is 0 Å². The zero-order valence-electron chi connectivity index (χ0n) is 11.6. The average molecular weight is 285 g/mol. The predicted molar refractivity (Wildman–Crippen MR) is 81.9 cm³/mol. The number of hydrogen-bond acceptors (Lipinski definition) is 4. The van der Waals surface area contributed by atoms with E-state index in [9.17, 15) is 0 Å². The minimum absolute atomic E-state index is 0.366. The first kappa shape index (κ1) is 12.5. The van der Waals surface area contributed by atoms with Crippen LogP contribution in [0.15, 0.2) is 29.9 Å². The Balaban J connectivity index is 1.65. The summed E-state index contributed by atoms with van der Waals surface area (Å²) in [6.07, 6.45) is 9.24. The van der Waals surface area contributed by atoms with E-state index in [2.05, 4.69) is 33.2 Å². The Hall–Kier alpha value is -1.26. The van der Waals surface area contributed by atoms with E-state index >= 15 is 0 Å². The van der Waals surface area contributed by atoms with Gasteiger partial charge in [-0.25, -0.2) is 4.98 Å². The van der Waals surface area contributed by atoms with E-state index in [1.165, 1.54) is 50.9 Å². The van der Waals surface area contributed by atoms with E-state index in [1.54, 1.807) is 11.3 Å². The van der Waals surface area contributed by atoms with E-state index in [0.29, 0.717) is 5.41 Å². The van der Waals surface area contributed by atoms with Crippen LogP contribution in [0.2, 0.25) is 0 Å². The van der Waals surface area contributed by atoms with Crippen molar-refractivity contribution in [3.05, 3.63) is 35.5 Å². The second-order valence-electron chi connectivity index (χ2n) is 6.03. The third-order valence-electron chi connectivity index (χ3n) is 4.81. The van der Waals surface area contributed by atoms with E-state index in [0.717, 1.165) is 10.7 Å². The van der Waals surface area contributed by atoms with Crippen LogP contribution in [0.3, 0.4) is 0 Å². The average Bonchev–Trinajstić information content (AvgIpc) is 3.02. The summed E-state index contributed by atoms with van der Waals surface area (Å²) in [5.74, 6) is 0. The third kappa shape index (κ3) is 2.07. The molecule has 4 heteroatoms. The highest BCUT2D eigenvalue weighted by Crippen LogP contribution is 2.41. The highest BCUT2D eigenvalue weighted by molar-refractivity contribution is 7.13. The van der Waals surface area contributed by atoms with Crippen LogP contribution in [-0.2, 0) is 5.41 Å². The molecule has 0 saturated carbocycles. The zero-order chi connectivity index (χ0) is 13.4. The van der Waals surface area contributed by atoms with Crippen LogP contribution < -0.4 is 0 Å². The molecule has 2 aromatic rings. The summed E-state index contributed by atoms with van der Waals surface area (Å²) in [4.78, 5) is 11.6. The highest BCUT2D eigenvalue weighted by atomic mass is 32.1. The number of fused-ring (bicyclic) bond motifs is 2. The Morgan fingerprint density at radius 2 is 1.95 bits per heavy atom. The third-order valence-corrected chi connectivity index (χ3v) is 5.61. The summed E-state index contributed by atoms with van der Waals surface area (Å²) >= 11 is 1.65. The van der Waals surface area contributed by atoms with Crippen molar-refractivity contribution >= 4 is 11.3 Å². The molecule has 4 heterocycles. The van der Waals surface area contributed by atoms with E-state index < -0.39 is 0 Å². The molecule has 4 rings (SSSR count). The summed E-state index contributed by atoms with van der Waals surface area (Å²) in [7, 11) is 0. The standard InChI is InChI=1S/C16H19N3S/c1-5-16(6-2-9-19(8-1)12-16)13-3-4-14(18-11-13)15-17-7-10-20-15/h3-4,7,10-11H,1-2,5-6,8-9,12H2. The summed E-state index contributed by atoms with van der Waals surface area (Å²) < 4.78 is 0. The van der Waals surface area contributed by atoms with Gasteiger partial charge >= 0.3 is 0 Å². The van der Waals surface area contributed by atoms with Crippen molar-refractivity contribution in [2.75, 3.05) is 19.6 Å². The van der Waals surface area contributed by atoms with Crippen LogP contribution in [0.1, 0.15) is 31.2 Å². The number of rotatable bonds is 2. The highest BCUT2D eigenvalue weighted by Gasteiger charge is 2.39. The largest absolute Gasteiger partial charge is 0.302 e. The van der Waals surface area contributed by atoms with Crippen molar-refractivity contribution in [2.45, 2.75) is 31.1 Å². The molecule has 20 heavy (non-hydrogen) atoms. The Labute approximate surface area is 123 Å². The van der Waals surface area contributed by atoms with Gasteiger partial charge in [0.1, 0.15) is 5.01 Å². The van der Waals surface area contributed by atoms with E-state index in [-0.39, 0.29) is 0 Å². The van der Waals surface area contributed by atoms with Crippen LogP contribution in [0.5, 0.6) is 0 Å². The maximum Gasteiger partial charge on any atom is 0.141 e. The fourth-order valence-electron chi connectivity index (χ4n) is 3.83. The van der Waals surface area contributed by atoms with Crippen molar-refractivity contribution < 1.29 is 0 Å². The normalized spacial score (nSPS) is 29.3. The minimum atomic E-state index is 0.366. The fraction of sp³-hybridized carbons (Fsp3) is 0.500. The van der Waals surface area contributed by atoms with Crippen LogP contribution in [-0.4, -0.2) is 34.5 Å².